The lowest BCUT2D eigenvalue weighted by Gasteiger charge is -2.34. The number of amides is 4. The van der Waals surface area contributed by atoms with E-state index in [9.17, 15) is 27.6 Å². The van der Waals surface area contributed by atoms with Crippen LogP contribution in [0.4, 0.5) is 5.69 Å². The number of nitrogens with one attached hydrogen (secondary N) is 1. The molecule has 0 spiro atoms. The number of hydrogen-bond acceptors (Lipinski definition) is 7. The van der Waals surface area contributed by atoms with Crippen molar-refractivity contribution in [3.63, 3.8) is 0 Å². The van der Waals surface area contributed by atoms with Crippen LogP contribution in [0.25, 0.3) is 0 Å². The molecule has 2 aliphatic rings. The minimum Gasteiger partial charge on any atom is -0.340 e. The SMILES string of the molecule is NNC(=O)CCCC(=O)N1CCN(S(=O)(=O)c2ccc(N3C(=O)c4ccccc4C3=O)cc2)CC1. The van der Waals surface area contributed by atoms with Gasteiger partial charge in [0.2, 0.25) is 21.8 Å². The van der Waals surface area contributed by atoms with Gasteiger partial charge in [-0.25, -0.2) is 19.2 Å². The maximum atomic E-state index is 13.1. The van der Waals surface area contributed by atoms with E-state index in [-0.39, 0.29) is 61.4 Å². The van der Waals surface area contributed by atoms with Crippen molar-refractivity contribution in [3.8, 4) is 0 Å². The quantitative estimate of drug-likeness (QED) is 0.243. The van der Waals surface area contributed by atoms with Crippen molar-refractivity contribution in [1.29, 1.82) is 0 Å². The fourth-order valence-corrected chi connectivity index (χ4v) is 5.57. The first-order chi connectivity index (χ1) is 16.7. The van der Waals surface area contributed by atoms with Crippen molar-refractivity contribution in [1.82, 2.24) is 14.6 Å². The van der Waals surface area contributed by atoms with Crippen molar-refractivity contribution in [3.05, 3.63) is 59.7 Å². The summed E-state index contributed by atoms with van der Waals surface area (Å²) >= 11 is 0. The number of rotatable bonds is 7. The van der Waals surface area contributed by atoms with Crippen molar-refractivity contribution in [2.45, 2.75) is 24.2 Å². The zero-order valence-corrected chi connectivity index (χ0v) is 19.7. The predicted molar refractivity (Wildman–Crippen MR) is 126 cm³/mol. The van der Waals surface area contributed by atoms with Crippen LogP contribution in [0.2, 0.25) is 0 Å². The van der Waals surface area contributed by atoms with Gasteiger partial charge in [-0.05, 0) is 42.8 Å². The fraction of sp³-hybridized carbons (Fsp3) is 0.304. The van der Waals surface area contributed by atoms with Crippen LogP contribution in [0.3, 0.4) is 0 Å². The van der Waals surface area contributed by atoms with Crippen molar-refractivity contribution in [2.75, 3.05) is 31.1 Å². The Bertz CT molecular complexity index is 1230. The molecular formula is C23H25N5O6S. The molecule has 2 aliphatic heterocycles. The molecule has 2 aromatic carbocycles. The zero-order valence-electron chi connectivity index (χ0n) is 18.8. The number of sulfonamides is 1. The molecule has 12 heteroatoms. The lowest BCUT2D eigenvalue weighted by molar-refractivity contribution is -0.132. The van der Waals surface area contributed by atoms with Gasteiger partial charge >= 0.3 is 0 Å². The Hall–Kier alpha value is -3.61. The Morgan fingerprint density at radius 3 is 1.97 bits per heavy atom. The summed E-state index contributed by atoms with van der Waals surface area (Å²) in [5.74, 6) is 3.62. The third kappa shape index (κ3) is 4.81. The number of fused-ring (bicyclic) bond motifs is 1. The molecule has 2 aromatic rings. The van der Waals surface area contributed by atoms with E-state index in [4.69, 9.17) is 5.84 Å². The molecular weight excluding hydrogens is 474 g/mol. The highest BCUT2D eigenvalue weighted by Gasteiger charge is 2.36. The average molecular weight is 500 g/mol. The van der Waals surface area contributed by atoms with Gasteiger partial charge in [0, 0.05) is 39.0 Å². The second-order valence-electron chi connectivity index (χ2n) is 8.19. The Morgan fingerprint density at radius 2 is 1.43 bits per heavy atom. The van der Waals surface area contributed by atoms with Crippen LogP contribution in [0, 0.1) is 0 Å². The number of nitrogens with zero attached hydrogens (tertiary/aromatic N) is 3. The molecule has 2 heterocycles. The standard InChI is InChI=1S/C23H25N5O6S/c24-25-20(29)6-3-7-21(30)26-12-14-27(15-13-26)35(33,34)17-10-8-16(9-11-17)28-22(31)18-4-1-2-5-19(18)23(28)32/h1-2,4-5,8-11H,3,6-7,12-15,24H2,(H,25,29). The van der Waals surface area contributed by atoms with Crippen LogP contribution in [0.1, 0.15) is 40.0 Å². The van der Waals surface area contributed by atoms with Crippen LogP contribution in [0.5, 0.6) is 0 Å². The summed E-state index contributed by atoms with van der Waals surface area (Å²) in [5.41, 5.74) is 2.92. The molecule has 0 atom stereocenters. The van der Waals surface area contributed by atoms with Crippen LogP contribution in [0.15, 0.2) is 53.4 Å². The first-order valence-electron chi connectivity index (χ1n) is 11.1. The molecule has 0 aromatic heterocycles. The summed E-state index contributed by atoms with van der Waals surface area (Å²) < 4.78 is 27.5. The molecule has 0 bridgehead atoms. The van der Waals surface area contributed by atoms with E-state index in [1.807, 2.05) is 5.43 Å². The lowest BCUT2D eigenvalue weighted by Crippen LogP contribution is -2.50. The molecule has 4 amide bonds. The highest BCUT2D eigenvalue weighted by Crippen LogP contribution is 2.29. The van der Waals surface area contributed by atoms with Crippen molar-refractivity contribution in [2.24, 2.45) is 5.84 Å². The van der Waals surface area contributed by atoms with E-state index in [0.29, 0.717) is 17.5 Å². The smallest absolute Gasteiger partial charge is 0.266 e. The van der Waals surface area contributed by atoms with Gasteiger partial charge in [0.15, 0.2) is 0 Å². The number of piperazine rings is 1. The van der Waals surface area contributed by atoms with E-state index in [0.717, 1.165) is 4.90 Å². The molecule has 1 saturated heterocycles. The number of carbonyl (C=O) groups excluding carboxylic acids is 4. The molecule has 0 saturated carbocycles. The van der Waals surface area contributed by atoms with Gasteiger partial charge in [-0.3, -0.25) is 24.6 Å². The fourth-order valence-electron chi connectivity index (χ4n) is 4.15. The predicted octanol–water partition coefficient (Wildman–Crippen LogP) is 0.480. The molecule has 0 radical (unpaired) electrons. The summed E-state index contributed by atoms with van der Waals surface area (Å²) in [6.07, 6.45) is 0.687. The summed E-state index contributed by atoms with van der Waals surface area (Å²) in [7, 11) is -3.82. The molecule has 0 aliphatic carbocycles. The van der Waals surface area contributed by atoms with Gasteiger partial charge in [0.1, 0.15) is 0 Å². The second kappa shape index (κ2) is 9.94. The average Bonchev–Trinajstić information content (AvgIpc) is 3.13. The van der Waals surface area contributed by atoms with Gasteiger partial charge < -0.3 is 4.90 Å². The molecule has 3 N–H and O–H groups in total. The van der Waals surface area contributed by atoms with E-state index in [2.05, 4.69) is 0 Å². The van der Waals surface area contributed by atoms with Crippen LogP contribution in [-0.2, 0) is 19.6 Å². The summed E-state index contributed by atoms with van der Waals surface area (Å²) in [5, 5.41) is 0. The molecule has 184 valence electrons. The number of anilines is 1. The van der Waals surface area contributed by atoms with Crippen molar-refractivity contribution >= 4 is 39.3 Å². The Labute approximate surface area is 202 Å². The van der Waals surface area contributed by atoms with Gasteiger partial charge in [-0.1, -0.05) is 12.1 Å². The number of carbonyl (C=O) groups is 4. The van der Waals surface area contributed by atoms with Crippen LogP contribution in [-0.4, -0.2) is 67.4 Å². The largest absolute Gasteiger partial charge is 0.340 e. The number of benzene rings is 2. The van der Waals surface area contributed by atoms with Crippen LogP contribution < -0.4 is 16.2 Å². The topological polar surface area (TPSA) is 150 Å². The highest BCUT2D eigenvalue weighted by molar-refractivity contribution is 7.89. The number of hydrazine groups is 1. The van der Waals surface area contributed by atoms with Crippen molar-refractivity contribution < 1.29 is 27.6 Å². The monoisotopic (exact) mass is 499 g/mol. The van der Waals surface area contributed by atoms with Crippen LogP contribution >= 0.6 is 0 Å². The first-order valence-corrected chi connectivity index (χ1v) is 12.5. The first kappa shape index (κ1) is 24.5. The summed E-state index contributed by atoms with van der Waals surface area (Å²) in [6, 6.07) is 12.1. The maximum Gasteiger partial charge on any atom is 0.266 e. The van der Waals surface area contributed by atoms with Gasteiger partial charge in [0.25, 0.3) is 11.8 Å². The maximum absolute atomic E-state index is 13.1. The Kier molecular flexibility index (Phi) is 6.96. The molecule has 0 unspecified atom stereocenters. The highest BCUT2D eigenvalue weighted by atomic mass is 32.2. The lowest BCUT2D eigenvalue weighted by atomic mass is 10.1. The van der Waals surface area contributed by atoms with E-state index in [1.54, 1.807) is 29.2 Å². The minimum absolute atomic E-state index is 0.0328. The van der Waals surface area contributed by atoms with Gasteiger partial charge in [-0.2, -0.15) is 4.31 Å². The molecule has 35 heavy (non-hydrogen) atoms. The summed E-state index contributed by atoms with van der Waals surface area (Å²) in [6.45, 7) is 0.761. The van der Waals surface area contributed by atoms with Gasteiger partial charge in [-0.15, -0.1) is 0 Å². The van der Waals surface area contributed by atoms with E-state index >= 15 is 0 Å². The van der Waals surface area contributed by atoms with E-state index < -0.39 is 21.8 Å². The number of nitrogens with two attached hydrogens (primary N) is 1. The normalized spacial score (nSPS) is 16.4. The number of hydrogen-bond donors (Lipinski definition) is 2. The molecule has 1 fully saturated rings. The zero-order chi connectivity index (χ0) is 25.2. The molecule has 11 nitrogen and oxygen atoms in total. The summed E-state index contributed by atoms with van der Waals surface area (Å²) in [4.78, 5) is 51.5. The molecule has 4 rings (SSSR count). The third-order valence-electron chi connectivity index (χ3n) is 6.07. The van der Waals surface area contributed by atoms with E-state index in [1.165, 1.54) is 28.6 Å². The second-order valence-corrected chi connectivity index (χ2v) is 10.1. The van der Waals surface area contributed by atoms with Gasteiger partial charge in [0.05, 0.1) is 21.7 Å². The number of imide groups is 1. The Balaban J connectivity index is 1.38. The Morgan fingerprint density at radius 1 is 0.857 bits per heavy atom. The minimum atomic E-state index is -3.82. The third-order valence-corrected chi connectivity index (χ3v) is 7.99.